The number of carbonyl (C=O) groups excluding carboxylic acids is 3. The number of amides is 3. The molecule has 6 nitrogen and oxygen atoms in total. The van der Waals surface area contributed by atoms with Crippen molar-refractivity contribution in [2.45, 2.75) is 11.3 Å². The molecule has 0 fully saturated rings. The van der Waals surface area contributed by atoms with E-state index in [9.17, 15) is 18.8 Å². The Balaban J connectivity index is 1.57. The van der Waals surface area contributed by atoms with Crippen molar-refractivity contribution in [2.75, 3.05) is 11.1 Å². The predicted molar refractivity (Wildman–Crippen MR) is 91.5 cm³/mol. The number of hydrogen-bond acceptors (Lipinski definition) is 4. The normalized spacial score (nSPS) is 12.8. The summed E-state index contributed by atoms with van der Waals surface area (Å²) < 4.78 is 12.8. The van der Waals surface area contributed by atoms with E-state index in [2.05, 4.69) is 16.2 Å². The van der Waals surface area contributed by atoms with E-state index in [-0.39, 0.29) is 18.1 Å². The van der Waals surface area contributed by atoms with Gasteiger partial charge in [-0.2, -0.15) is 0 Å². The van der Waals surface area contributed by atoms with E-state index in [0.717, 1.165) is 4.90 Å². The maximum Gasteiger partial charge on any atom is 0.269 e. The number of hydrazine groups is 1. The van der Waals surface area contributed by atoms with Crippen LogP contribution >= 0.6 is 11.8 Å². The highest BCUT2D eigenvalue weighted by molar-refractivity contribution is 8.00. The maximum absolute atomic E-state index is 12.8. The highest BCUT2D eigenvalue weighted by atomic mass is 32.2. The Morgan fingerprint density at radius 1 is 1.12 bits per heavy atom. The molecule has 3 amide bonds. The molecule has 3 rings (SSSR count). The Hall–Kier alpha value is -2.87. The zero-order chi connectivity index (χ0) is 17.8. The lowest BCUT2D eigenvalue weighted by atomic mass is 10.1. The van der Waals surface area contributed by atoms with E-state index in [0.29, 0.717) is 22.6 Å². The Morgan fingerprint density at radius 3 is 2.64 bits per heavy atom. The molecule has 2 aromatic rings. The molecular formula is C17H14FN3O3S. The van der Waals surface area contributed by atoms with Crippen molar-refractivity contribution < 1.29 is 18.8 Å². The van der Waals surface area contributed by atoms with E-state index in [1.54, 1.807) is 18.2 Å². The maximum atomic E-state index is 12.8. The van der Waals surface area contributed by atoms with Crippen molar-refractivity contribution in [3.05, 3.63) is 59.4 Å². The number of rotatable bonds is 3. The van der Waals surface area contributed by atoms with Crippen LogP contribution in [-0.4, -0.2) is 23.5 Å². The largest absolute Gasteiger partial charge is 0.324 e. The van der Waals surface area contributed by atoms with Crippen LogP contribution in [-0.2, 0) is 16.0 Å². The molecule has 1 aliphatic rings. The third-order valence-corrected chi connectivity index (χ3v) is 4.54. The van der Waals surface area contributed by atoms with Crippen LogP contribution in [0, 0.1) is 5.82 Å². The topological polar surface area (TPSA) is 87.3 Å². The van der Waals surface area contributed by atoms with Crippen LogP contribution in [0.2, 0.25) is 0 Å². The lowest BCUT2D eigenvalue weighted by Crippen LogP contribution is -2.42. The molecule has 0 spiro atoms. The number of anilines is 1. The molecule has 2 aromatic carbocycles. The second kappa shape index (κ2) is 7.35. The van der Waals surface area contributed by atoms with Gasteiger partial charge in [0.15, 0.2) is 0 Å². The summed E-state index contributed by atoms with van der Waals surface area (Å²) in [6.45, 7) is 0. The van der Waals surface area contributed by atoms with Gasteiger partial charge < -0.3 is 5.32 Å². The second-order valence-electron chi connectivity index (χ2n) is 5.35. The molecule has 0 saturated heterocycles. The smallest absolute Gasteiger partial charge is 0.269 e. The first-order valence-corrected chi connectivity index (χ1v) is 8.40. The minimum atomic E-state index is -0.500. The van der Waals surface area contributed by atoms with Gasteiger partial charge in [0.1, 0.15) is 5.82 Å². The average molecular weight is 359 g/mol. The van der Waals surface area contributed by atoms with Gasteiger partial charge in [-0.25, -0.2) is 4.39 Å². The SMILES string of the molecule is O=C(Cc1ccc(F)cc1)NNC(=O)c1ccc2c(c1)NC(=O)CS2. The molecule has 0 unspecified atom stereocenters. The summed E-state index contributed by atoms with van der Waals surface area (Å²) in [5.74, 6) is -1.09. The lowest BCUT2D eigenvalue weighted by Gasteiger charge is -2.17. The summed E-state index contributed by atoms with van der Waals surface area (Å²) in [6, 6.07) is 10.4. The van der Waals surface area contributed by atoms with Crippen LogP contribution in [0.25, 0.3) is 0 Å². The van der Waals surface area contributed by atoms with Gasteiger partial charge in [-0.1, -0.05) is 12.1 Å². The predicted octanol–water partition coefficient (Wildman–Crippen LogP) is 1.87. The summed E-state index contributed by atoms with van der Waals surface area (Å²) >= 11 is 1.40. The van der Waals surface area contributed by atoms with Crippen LogP contribution in [0.15, 0.2) is 47.4 Å². The first kappa shape index (κ1) is 17.0. The number of nitrogens with one attached hydrogen (secondary N) is 3. The third kappa shape index (κ3) is 4.36. The molecule has 128 valence electrons. The molecule has 25 heavy (non-hydrogen) atoms. The minimum Gasteiger partial charge on any atom is -0.324 e. The average Bonchev–Trinajstić information content (AvgIpc) is 2.61. The number of halogens is 1. The van der Waals surface area contributed by atoms with Gasteiger partial charge in [-0.15, -0.1) is 11.8 Å². The highest BCUT2D eigenvalue weighted by Crippen LogP contribution is 2.31. The molecule has 1 aliphatic heterocycles. The van der Waals surface area contributed by atoms with Gasteiger partial charge in [0.05, 0.1) is 17.9 Å². The molecule has 0 aromatic heterocycles. The van der Waals surface area contributed by atoms with Gasteiger partial charge in [-0.05, 0) is 35.9 Å². The molecule has 0 radical (unpaired) electrons. The standard InChI is InChI=1S/C17H14FN3O3S/c18-12-4-1-10(2-5-12)7-15(22)20-21-17(24)11-3-6-14-13(8-11)19-16(23)9-25-14/h1-6,8H,7,9H2,(H,19,23)(H,20,22)(H,21,24). The molecule has 3 N–H and O–H groups in total. The van der Waals surface area contributed by atoms with Crippen LogP contribution < -0.4 is 16.2 Å². The van der Waals surface area contributed by atoms with Crippen molar-refractivity contribution in [3.63, 3.8) is 0 Å². The summed E-state index contributed by atoms with van der Waals surface area (Å²) in [5, 5.41) is 2.70. The number of thioether (sulfide) groups is 1. The third-order valence-electron chi connectivity index (χ3n) is 3.47. The summed E-state index contributed by atoms with van der Waals surface area (Å²) in [6.07, 6.45) is 0.0114. The summed E-state index contributed by atoms with van der Waals surface area (Å²) in [5.41, 5.74) is 6.14. The number of hydrogen-bond donors (Lipinski definition) is 3. The van der Waals surface area contributed by atoms with Gasteiger partial charge in [0.2, 0.25) is 11.8 Å². The molecular weight excluding hydrogens is 345 g/mol. The fourth-order valence-electron chi connectivity index (χ4n) is 2.25. The quantitative estimate of drug-likeness (QED) is 0.730. The van der Waals surface area contributed by atoms with Crippen molar-refractivity contribution >= 4 is 35.2 Å². The molecule has 0 aliphatic carbocycles. The van der Waals surface area contributed by atoms with Crippen LogP contribution in [0.1, 0.15) is 15.9 Å². The Morgan fingerprint density at radius 2 is 1.88 bits per heavy atom. The number of carbonyl (C=O) groups is 3. The van der Waals surface area contributed by atoms with Crippen LogP contribution in [0.4, 0.5) is 10.1 Å². The first-order valence-electron chi connectivity index (χ1n) is 7.41. The van der Waals surface area contributed by atoms with Gasteiger partial charge in [0.25, 0.3) is 5.91 Å². The minimum absolute atomic E-state index is 0.0114. The Labute approximate surface area is 147 Å². The van der Waals surface area contributed by atoms with Crippen molar-refractivity contribution in [3.8, 4) is 0 Å². The second-order valence-corrected chi connectivity index (χ2v) is 6.37. The number of benzene rings is 2. The number of fused-ring (bicyclic) bond motifs is 1. The van der Waals surface area contributed by atoms with Crippen molar-refractivity contribution in [1.29, 1.82) is 0 Å². The van der Waals surface area contributed by atoms with Gasteiger partial charge in [0, 0.05) is 10.5 Å². The van der Waals surface area contributed by atoms with Crippen LogP contribution in [0.3, 0.4) is 0 Å². The van der Waals surface area contributed by atoms with E-state index in [4.69, 9.17) is 0 Å². The fourth-order valence-corrected chi connectivity index (χ4v) is 3.04. The fraction of sp³-hybridized carbons (Fsp3) is 0.118. The van der Waals surface area contributed by atoms with E-state index >= 15 is 0 Å². The molecule has 1 heterocycles. The van der Waals surface area contributed by atoms with E-state index < -0.39 is 11.8 Å². The zero-order valence-corrected chi connectivity index (χ0v) is 13.8. The Bertz CT molecular complexity index is 840. The van der Waals surface area contributed by atoms with Crippen molar-refractivity contribution in [2.24, 2.45) is 0 Å². The van der Waals surface area contributed by atoms with E-state index in [1.807, 2.05) is 0 Å². The first-order chi connectivity index (χ1) is 12.0. The van der Waals surface area contributed by atoms with Crippen LogP contribution in [0.5, 0.6) is 0 Å². The van der Waals surface area contributed by atoms with Crippen molar-refractivity contribution in [1.82, 2.24) is 10.9 Å². The molecule has 8 heteroatoms. The van der Waals surface area contributed by atoms with E-state index in [1.165, 1.54) is 36.0 Å². The zero-order valence-electron chi connectivity index (χ0n) is 13.0. The highest BCUT2D eigenvalue weighted by Gasteiger charge is 2.17. The summed E-state index contributed by atoms with van der Waals surface area (Å²) in [7, 11) is 0. The molecule has 0 bridgehead atoms. The van der Waals surface area contributed by atoms with Gasteiger partial charge >= 0.3 is 0 Å². The monoisotopic (exact) mass is 359 g/mol. The molecule has 0 atom stereocenters. The summed E-state index contributed by atoms with van der Waals surface area (Å²) in [4.78, 5) is 36.2. The Kier molecular flexibility index (Phi) is 4.99. The lowest BCUT2D eigenvalue weighted by molar-refractivity contribution is -0.121. The molecule has 0 saturated carbocycles. The van der Waals surface area contributed by atoms with Gasteiger partial charge in [-0.3, -0.25) is 25.2 Å².